The molecule has 0 saturated carbocycles. The second-order valence-corrected chi connectivity index (χ2v) is 5.87. The topological polar surface area (TPSA) is 53.1 Å². The van der Waals surface area contributed by atoms with Gasteiger partial charge in [0.1, 0.15) is 11.5 Å². The van der Waals surface area contributed by atoms with Gasteiger partial charge in [0, 0.05) is 5.69 Å². The van der Waals surface area contributed by atoms with Crippen molar-refractivity contribution < 1.29 is 9.26 Å². The molecule has 0 spiro atoms. The van der Waals surface area contributed by atoms with Gasteiger partial charge in [0.25, 0.3) is 0 Å². The minimum Gasteiger partial charge on any atom is -0.497 e. The maximum absolute atomic E-state index is 5.44. The Bertz CT molecular complexity index is 1030. The van der Waals surface area contributed by atoms with Crippen molar-refractivity contribution in [2.24, 2.45) is 0 Å². The first-order valence-corrected chi connectivity index (χ1v) is 8.30. The quantitative estimate of drug-likeness (QED) is 0.549. The first kappa shape index (κ1) is 15.4. The van der Waals surface area contributed by atoms with Crippen LogP contribution in [-0.2, 0) is 6.42 Å². The molecule has 0 bridgehead atoms. The number of hydrogen-bond acceptors (Lipinski definition) is 4. The molecule has 0 saturated heterocycles. The molecule has 0 aliphatic heterocycles. The maximum Gasteiger partial charge on any atom is 0.151 e. The summed E-state index contributed by atoms with van der Waals surface area (Å²) >= 11 is 0. The summed E-state index contributed by atoms with van der Waals surface area (Å²) in [7, 11) is 1.67. The standard InChI is InChI=1S/C20H19N3O2/c1-4-16-19(13(2)25-22-16)20-21-17-7-5-6-8-18(17)23(20)14-9-11-15(24-3)12-10-14/h5-12H,4H2,1-3H3. The number of aryl methyl sites for hydroxylation is 2. The molecule has 0 amide bonds. The van der Waals surface area contributed by atoms with Gasteiger partial charge in [-0.2, -0.15) is 0 Å². The van der Waals surface area contributed by atoms with Crippen LogP contribution in [0.2, 0.25) is 0 Å². The molecule has 0 radical (unpaired) electrons. The molecule has 5 heteroatoms. The number of methoxy groups -OCH3 is 1. The number of imidazole rings is 1. The lowest BCUT2D eigenvalue weighted by Gasteiger charge is -2.10. The Labute approximate surface area is 145 Å². The number of ether oxygens (including phenoxy) is 1. The van der Waals surface area contributed by atoms with Crippen LogP contribution in [0.15, 0.2) is 53.1 Å². The molecule has 0 aliphatic carbocycles. The molecule has 2 aromatic carbocycles. The highest BCUT2D eigenvalue weighted by Crippen LogP contribution is 2.33. The van der Waals surface area contributed by atoms with E-state index in [0.29, 0.717) is 0 Å². The summed E-state index contributed by atoms with van der Waals surface area (Å²) in [5, 5.41) is 4.19. The Morgan fingerprint density at radius 2 is 1.84 bits per heavy atom. The van der Waals surface area contributed by atoms with Crippen LogP contribution in [0.4, 0.5) is 0 Å². The molecule has 2 heterocycles. The van der Waals surface area contributed by atoms with E-state index in [1.807, 2.05) is 49.4 Å². The van der Waals surface area contributed by atoms with Crippen molar-refractivity contribution in [1.29, 1.82) is 0 Å². The Hall–Kier alpha value is -3.08. The zero-order valence-corrected chi connectivity index (χ0v) is 14.5. The molecule has 5 nitrogen and oxygen atoms in total. The number of nitrogens with zero attached hydrogens (tertiary/aromatic N) is 3. The fourth-order valence-electron chi connectivity index (χ4n) is 3.13. The van der Waals surface area contributed by atoms with Crippen LogP contribution < -0.4 is 4.74 Å². The van der Waals surface area contributed by atoms with Crippen molar-refractivity contribution in [2.45, 2.75) is 20.3 Å². The molecule has 2 aromatic heterocycles. The highest BCUT2D eigenvalue weighted by molar-refractivity contribution is 5.84. The monoisotopic (exact) mass is 333 g/mol. The van der Waals surface area contributed by atoms with Crippen LogP contribution in [0.3, 0.4) is 0 Å². The lowest BCUT2D eigenvalue weighted by atomic mass is 10.1. The van der Waals surface area contributed by atoms with Crippen molar-refractivity contribution in [2.75, 3.05) is 7.11 Å². The van der Waals surface area contributed by atoms with Crippen LogP contribution in [0.25, 0.3) is 28.1 Å². The molecular weight excluding hydrogens is 314 g/mol. The molecule has 25 heavy (non-hydrogen) atoms. The molecule has 0 fully saturated rings. The zero-order valence-electron chi connectivity index (χ0n) is 14.5. The number of para-hydroxylation sites is 2. The van der Waals surface area contributed by atoms with E-state index in [1.165, 1.54) is 0 Å². The fourth-order valence-corrected chi connectivity index (χ4v) is 3.13. The SMILES string of the molecule is CCc1noc(C)c1-c1nc2ccccc2n1-c1ccc(OC)cc1. The lowest BCUT2D eigenvalue weighted by Crippen LogP contribution is -1.99. The maximum atomic E-state index is 5.44. The molecule has 0 unspecified atom stereocenters. The van der Waals surface area contributed by atoms with Crippen LogP contribution in [-0.4, -0.2) is 21.8 Å². The number of hydrogen-bond donors (Lipinski definition) is 0. The third-order valence-electron chi connectivity index (χ3n) is 4.38. The summed E-state index contributed by atoms with van der Waals surface area (Å²) in [6.45, 7) is 4.00. The van der Waals surface area contributed by atoms with E-state index < -0.39 is 0 Å². The third kappa shape index (κ3) is 2.48. The van der Waals surface area contributed by atoms with Gasteiger partial charge in [-0.25, -0.2) is 4.98 Å². The van der Waals surface area contributed by atoms with E-state index in [4.69, 9.17) is 14.2 Å². The average Bonchev–Trinajstić information content (AvgIpc) is 3.21. The lowest BCUT2D eigenvalue weighted by molar-refractivity contribution is 0.391. The van der Waals surface area contributed by atoms with Crippen molar-refractivity contribution in [1.82, 2.24) is 14.7 Å². The smallest absolute Gasteiger partial charge is 0.151 e. The highest BCUT2D eigenvalue weighted by atomic mass is 16.5. The average molecular weight is 333 g/mol. The molecule has 0 aliphatic rings. The normalized spacial score (nSPS) is 11.2. The molecule has 0 N–H and O–H groups in total. The van der Waals surface area contributed by atoms with Crippen LogP contribution in [0, 0.1) is 6.92 Å². The first-order chi connectivity index (χ1) is 12.2. The molecule has 0 atom stereocenters. The van der Waals surface area contributed by atoms with Gasteiger partial charge in [0.05, 0.1) is 29.4 Å². The predicted molar refractivity (Wildman–Crippen MR) is 97.2 cm³/mol. The second kappa shape index (κ2) is 6.09. The van der Waals surface area contributed by atoms with E-state index in [2.05, 4.69) is 22.7 Å². The first-order valence-electron chi connectivity index (χ1n) is 8.30. The van der Waals surface area contributed by atoms with Crippen LogP contribution >= 0.6 is 0 Å². The summed E-state index contributed by atoms with van der Waals surface area (Å²) in [4.78, 5) is 4.88. The van der Waals surface area contributed by atoms with Gasteiger partial charge in [0.15, 0.2) is 5.82 Å². The van der Waals surface area contributed by atoms with E-state index in [-0.39, 0.29) is 0 Å². The summed E-state index contributed by atoms with van der Waals surface area (Å²) < 4.78 is 12.9. The molecule has 126 valence electrons. The van der Waals surface area contributed by atoms with Gasteiger partial charge in [-0.1, -0.05) is 24.2 Å². The van der Waals surface area contributed by atoms with Gasteiger partial charge in [0.2, 0.25) is 0 Å². The van der Waals surface area contributed by atoms with Crippen molar-refractivity contribution in [3.8, 4) is 22.8 Å². The molecule has 4 aromatic rings. The van der Waals surface area contributed by atoms with Gasteiger partial charge in [-0.3, -0.25) is 4.57 Å². The van der Waals surface area contributed by atoms with Crippen LogP contribution in [0.1, 0.15) is 18.4 Å². The van der Waals surface area contributed by atoms with Crippen molar-refractivity contribution in [3.63, 3.8) is 0 Å². The van der Waals surface area contributed by atoms with E-state index in [0.717, 1.165) is 51.7 Å². The Kier molecular flexibility index (Phi) is 3.76. The summed E-state index contributed by atoms with van der Waals surface area (Å²) in [6.07, 6.45) is 0.790. The third-order valence-corrected chi connectivity index (χ3v) is 4.38. The van der Waals surface area contributed by atoms with Gasteiger partial charge < -0.3 is 9.26 Å². The molecule has 4 rings (SSSR count). The highest BCUT2D eigenvalue weighted by Gasteiger charge is 2.21. The number of rotatable bonds is 4. The zero-order chi connectivity index (χ0) is 17.4. The van der Waals surface area contributed by atoms with Crippen molar-refractivity contribution in [3.05, 3.63) is 60.0 Å². The largest absolute Gasteiger partial charge is 0.497 e. The fraction of sp³-hybridized carbons (Fsp3) is 0.200. The minimum atomic E-state index is 0.780. The molecular formula is C20H19N3O2. The number of benzene rings is 2. The minimum absolute atomic E-state index is 0.780. The Balaban J connectivity index is 2.02. The van der Waals surface area contributed by atoms with E-state index in [9.17, 15) is 0 Å². The summed E-state index contributed by atoms with van der Waals surface area (Å²) in [5.41, 5.74) is 4.89. The Morgan fingerprint density at radius 3 is 2.56 bits per heavy atom. The van der Waals surface area contributed by atoms with Gasteiger partial charge >= 0.3 is 0 Å². The number of fused-ring (bicyclic) bond motifs is 1. The second-order valence-electron chi connectivity index (χ2n) is 5.87. The Morgan fingerprint density at radius 1 is 1.08 bits per heavy atom. The summed E-state index contributed by atoms with van der Waals surface area (Å²) in [6, 6.07) is 16.1. The van der Waals surface area contributed by atoms with E-state index in [1.54, 1.807) is 7.11 Å². The van der Waals surface area contributed by atoms with Gasteiger partial charge in [-0.15, -0.1) is 0 Å². The van der Waals surface area contributed by atoms with Crippen molar-refractivity contribution >= 4 is 11.0 Å². The summed E-state index contributed by atoms with van der Waals surface area (Å²) in [5.74, 6) is 2.45. The predicted octanol–water partition coefficient (Wildman–Crippen LogP) is 4.56. The van der Waals surface area contributed by atoms with Crippen LogP contribution in [0.5, 0.6) is 5.75 Å². The number of aromatic nitrogens is 3. The van der Waals surface area contributed by atoms with Gasteiger partial charge in [-0.05, 0) is 49.7 Å². The van der Waals surface area contributed by atoms with E-state index >= 15 is 0 Å².